The second kappa shape index (κ2) is 7.29. The predicted molar refractivity (Wildman–Crippen MR) is 94.0 cm³/mol. The van der Waals surface area contributed by atoms with Gasteiger partial charge in [0.15, 0.2) is 0 Å². The van der Waals surface area contributed by atoms with Gasteiger partial charge in [0.05, 0.1) is 0 Å². The fourth-order valence-corrected chi connectivity index (χ4v) is 2.40. The molecule has 0 bridgehead atoms. The van der Waals surface area contributed by atoms with Crippen LogP contribution in [0.1, 0.15) is 23.1 Å². The number of carbonyl (C=O) groups excluding carboxylic acids is 2. The van der Waals surface area contributed by atoms with E-state index < -0.39 is 0 Å². The zero-order valence-corrected chi connectivity index (χ0v) is 14.1. The van der Waals surface area contributed by atoms with Gasteiger partial charge in [-0.3, -0.25) is 9.59 Å². The van der Waals surface area contributed by atoms with Crippen LogP contribution in [0.5, 0.6) is 0 Å². The van der Waals surface area contributed by atoms with E-state index in [0.717, 1.165) is 22.4 Å². The SMILES string of the molecule is Cc1ccc(C)c(NC(=O)CC(=O)Nc2ccc(Cl)cc2C)c1. The molecule has 0 radical (unpaired) electrons. The highest BCUT2D eigenvalue weighted by Gasteiger charge is 2.12. The van der Waals surface area contributed by atoms with Crippen LogP contribution < -0.4 is 10.6 Å². The minimum atomic E-state index is -0.363. The van der Waals surface area contributed by atoms with Gasteiger partial charge in [-0.1, -0.05) is 23.7 Å². The molecule has 0 unspecified atom stereocenters. The first-order valence-electron chi connectivity index (χ1n) is 7.28. The Hall–Kier alpha value is -2.33. The molecule has 0 aliphatic heterocycles. The molecular weight excluding hydrogens is 312 g/mol. The van der Waals surface area contributed by atoms with E-state index in [4.69, 9.17) is 11.6 Å². The summed E-state index contributed by atoms with van der Waals surface area (Å²) in [5.41, 5.74) is 4.23. The van der Waals surface area contributed by atoms with Crippen molar-refractivity contribution < 1.29 is 9.59 Å². The Morgan fingerprint density at radius 2 is 1.52 bits per heavy atom. The fraction of sp³-hybridized carbons (Fsp3) is 0.222. The summed E-state index contributed by atoms with van der Waals surface area (Å²) in [5, 5.41) is 6.10. The van der Waals surface area contributed by atoms with E-state index >= 15 is 0 Å². The third kappa shape index (κ3) is 4.83. The molecule has 2 amide bonds. The van der Waals surface area contributed by atoms with E-state index in [9.17, 15) is 9.59 Å². The normalized spacial score (nSPS) is 10.3. The molecule has 2 aromatic rings. The largest absolute Gasteiger partial charge is 0.325 e. The van der Waals surface area contributed by atoms with E-state index in [2.05, 4.69) is 10.6 Å². The molecular formula is C18H19ClN2O2. The lowest BCUT2D eigenvalue weighted by Crippen LogP contribution is -2.22. The molecule has 0 fully saturated rings. The number of anilines is 2. The van der Waals surface area contributed by atoms with Gasteiger partial charge in [0.25, 0.3) is 0 Å². The third-order valence-electron chi connectivity index (χ3n) is 3.45. The number of hydrogen-bond acceptors (Lipinski definition) is 2. The van der Waals surface area contributed by atoms with Gasteiger partial charge in [0, 0.05) is 16.4 Å². The van der Waals surface area contributed by atoms with Crippen LogP contribution in [0.2, 0.25) is 5.02 Å². The summed E-state index contributed by atoms with van der Waals surface area (Å²) in [6.07, 6.45) is -0.241. The van der Waals surface area contributed by atoms with Crippen LogP contribution in [0, 0.1) is 20.8 Å². The van der Waals surface area contributed by atoms with Crippen LogP contribution in [-0.4, -0.2) is 11.8 Å². The van der Waals surface area contributed by atoms with E-state index in [-0.39, 0.29) is 18.2 Å². The van der Waals surface area contributed by atoms with Crippen molar-refractivity contribution in [1.82, 2.24) is 0 Å². The van der Waals surface area contributed by atoms with E-state index in [1.807, 2.05) is 39.0 Å². The molecule has 2 N–H and O–H groups in total. The summed E-state index contributed by atoms with van der Waals surface area (Å²) in [7, 11) is 0. The van der Waals surface area contributed by atoms with E-state index in [0.29, 0.717) is 10.7 Å². The summed E-state index contributed by atoms with van der Waals surface area (Å²) in [5.74, 6) is -0.707. The first-order valence-corrected chi connectivity index (χ1v) is 7.66. The lowest BCUT2D eigenvalue weighted by Gasteiger charge is -2.11. The Balaban J connectivity index is 1.97. The number of halogens is 1. The molecule has 0 heterocycles. The molecule has 0 aliphatic carbocycles. The van der Waals surface area contributed by atoms with Crippen molar-refractivity contribution in [1.29, 1.82) is 0 Å². The first kappa shape index (κ1) is 17.0. The molecule has 2 rings (SSSR count). The molecule has 0 saturated carbocycles. The molecule has 120 valence electrons. The Morgan fingerprint density at radius 3 is 2.17 bits per heavy atom. The maximum atomic E-state index is 12.0. The lowest BCUT2D eigenvalue weighted by molar-refractivity contribution is -0.123. The molecule has 0 atom stereocenters. The van der Waals surface area contributed by atoms with Crippen LogP contribution in [0.3, 0.4) is 0 Å². The number of hydrogen-bond donors (Lipinski definition) is 2. The summed E-state index contributed by atoms with van der Waals surface area (Å²) in [6, 6.07) is 11.0. The van der Waals surface area contributed by atoms with Crippen molar-refractivity contribution in [3.05, 3.63) is 58.1 Å². The summed E-state index contributed by atoms with van der Waals surface area (Å²) >= 11 is 5.88. The smallest absolute Gasteiger partial charge is 0.233 e. The molecule has 0 aliphatic rings. The van der Waals surface area contributed by atoms with Gasteiger partial charge in [0.2, 0.25) is 11.8 Å². The summed E-state index contributed by atoms with van der Waals surface area (Å²) in [6.45, 7) is 5.70. The fourth-order valence-electron chi connectivity index (χ4n) is 2.17. The Kier molecular flexibility index (Phi) is 5.40. The van der Waals surface area contributed by atoms with Gasteiger partial charge < -0.3 is 10.6 Å². The average Bonchev–Trinajstić information content (AvgIpc) is 2.46. The highest BCUT2D eigenvalue weighted by molar-refractivity contribution is 6.30. The molecule has 5 heteroatoms. The zero-order chi connectivity index (χ0) is 17.0. The van der Waals surface area contributed by atoms with E-state index in [1.54, 1.807) is 18.2 Å². The van der Waals surface area contributed by atoms with Crippen LogP contribution in [-0.2, 0) is 9.59 Å². The number of rotatable bonds is 4. The quantitative estimate of drug-likeness (QED) is 0.824. The predicted octanol–water partition coefficient (Wildman–Crippen LogP) is 4.23. The van der Waals surface area contributed by atoms with Gasteiger partial charge in [-0.05, 0) is 61.7 Å². The highest BCUT2D eigenvalue weighted by Crippen LogP contribution is 2.20. The highest BCUT2D eigenvalue weighted by atomic mass is 35.5. The van der Waals surface area contributed by atoms with Crippen LogP contribution in [0.4, 0.5) is 11.4 Å². The van der Waals surface area contributed by atoms with Crippen molar-refractivity contribution in [2.75, 3.05) is 10.6 Å². The van der Waals surface area contributed by atoms with Gasteiger partial charge in [-0.2, -0.15) is 0 Å². The molecule has 23 heavy (non-hydrogen) atoms. The number of amides is 2. The minimum absolute atomic E-state index is 0.241. The second-order valence-corrected chi connectivity index (χ2v) is 5.99. The van der Waals surface area contributed by atoms with E-state index in [1.165, 1.54) is 0 Å². The lowest BCUT2D eigenvalue weighted by atomic mass is 10.1. The van der Waals surface area contributed by atoms with Crippen molar-refractivity contribution >= 4 is 34.8 Å². The number of benzene rings is 2. The van der Waals surface area contributed by atoms with Crippen molar-refractivity contribution in [3.8, 4) is 0 Å². The molecule has 0 aromatic heterocycles. The van der Waals surface area contributed by atoms with Crippen molar-refractivity contribution in [3.63, 3.8) is 0 Å². The zero-order valence-electron chi connectivity index (χ0n) is 13.4. The summed E-state index contributed by atoms with van der Waals surface area (Å²) < 4.78 is 0. The Bertz CT molecular complexity index is 757. The topological polar surface area (TPSA) is 58.2 Å². The van der Waals surface area contributed by atoms with Crippen molar-refractivity contribution in [2.24, 2.45) is 0 Å². The van der Waals surface area contributed by atoms with Crippen LogP contribution in [0.25, 0.3) is 0 Å². The van der Waals surface area contributed by atoms with Gasteiger partial charge >= 0.3 is 0 Å². The Labute approximate surface area is 140 Å². The number of carbonyl (C=O) groups is 2. The molecule has 2 aromatic carbocycles. The van der Waals surface area contributed by atoms with Crippen LogP contribution in [0.15, 0.2) is 36.4 Å². The average molecular weight is 331 g/mol. The maximum absolute atomic E-state index is 12.0. The van der Waals surface area contributed by atoms with Crippen molar-refractivity contribution in [2.45, 2.75) is 27.2 Å². The summed E-state index contributed by atoms with van der Waals surface area (Å²) in [4.78, 5) is 24.0. The van der Waals surface area contributed by atoms with Crippen LogP contribution >= 0.6 is 11.6 Å². The third-order valence-corrected chi connectivity index (χ3v) is 3.69. The second-order valence-electron chi connectivity index (χ2n) is 5.55. The van der Waals surface area contributed by atoms with Gasteiger partial charge in [-0.15, -0.1) is 0 Å². The maximum Gasteiger partial charge on any atom is 0.233 e. The minimum Gasteiger partial charge on any atom is -0.325 e. The Morgan fingerprint density at radius 1 is 0.870 bits per heavy atom. The molecule has 0 saturated heterocycles. The standard InChI is InChI=1S/C18H19ClN2O2/c1-11-4-5-12(2)16(8-11)21-18(23)10-17(22)20-15-7-6-14(19)9-13(15)3/h4-9H,10H2,1-3H3,(H,20,22)(H,21,23). The number of nitrogens with one attached hydrogen (secondary N) is 2. The monoisotopic (exact) mass is 330 g/mol. The van der Waals surface area contributed by atoms with Gasteiger partial charge in [-0.25, -0.2) is 0 Å². The van der Waals surface area contributed by atoms with Gasteiger partial charge in [0.1, 0.15) is 6.42 Å². The molecule has 0 spiro atoms. The number of aryl methyl sites for hydroxylation is 3. The first-order chi connectivity index (χ1) is 10.8. The molecule has 4 nitrogen and oxygen atoms in total.